The Morgan fingerprint density at radius 1 is 1.08 bits per heavy atom. The van der Waals surface area contributed by atoms with E-state index in [1.165, 1.54) is 38.6 Å². The Bertz CT molecular complexity index is 908. The van der Waals surface area contributed by atoms with Crippen LogP contribution < -0.4 is 14.8 Å². The van der Waals surface area contributed by atoms with Crippen LogP contribution in [0.4, 0.5) is 15.9 Å². The minimum absolute atomic E-state index is 0.177. The zero-order valence-electron chi connectivity index (χ0n) is 13.5. The molecule has 0 bridgehead atoms. The molecule has 0 amide bonds. The summed E-state index contributed by atoms with van der Waals surface area (Å²) in [5.41, 5.74) is 0.826. The summed E-state index contributed by atoms with van der Waals surface area (Å²) in [7, 11) is 3.03. The van der Waals surface area contributed by atoms with Crippen LogP contribution in [-0.4, -0.2) is 29.2 Å². The zero-order valence-corrected chi connectivity index (χ0v) is 14.2. The minimum Gasteiger partial charge on any atom is -0.493 e. The number of methoxy groups -OCH3 is 2. The quantitative estimate of drug-likeness (QED) is 0.739. The Morgan fingerprint density at radius 3 is 2.64 bits per heavy atom. The highest BCUT2D eigenvalue weighted by molar-refractivity contribution is 6.30. The molecule has 8 heteroatoms. The molecule has 1 N–H and O–H groups in total. The van der Waals surface area contributed by atoms with Gasteiger partial charge in [0.15, 0.2) is 23.1 Å². The second-order valence-corrected chi connectivity index (χ2v) is 5.37. The Balaban J connectivity index is 2.05. The molecule has 25 heavy (non-hydrogen) atoms. The van der Waals surface area contributed by atoms with Gasteiger partial charge in [-0.15, -0.1) is 0 Å². The van der Waals surface area contributed by atoms with Crippen molar-refractivity contribution in [2.75, 3.05) is 19.5 Å². The monoisotopic (exact) mass is 360 g/mol. The van der Waals surface area contributed by atoms with Crippen molar-refractivity contribution in [3.05, 3.63) is 53.7 Å². The summed E-state index contributed by atoms with van der Waals surface area (Å²) >= 11 is 5.95. The standard InChI is InChI=1S/C17H14ClFN4O2/c1-24-14-8-20-6-5-13(14)22-17-15(25-2)9-21-16(23-17)11-7-10(18)3-4-12(11)19/h3-9H,1-2H3,(H,20,21,22,23). The van der Waals surface area contributed by atoms with E-state index in [4.69, 9.17) is 21.1 Å². The van der Waals surface area contributed by atoms with Crippen molar-refractivity contribution in [2.45, 2.75) is 0 Å². The van der Waals surface area contributed by atoms with Crippen LogP contribution in [0.3, 0.4) is 0 Å². The molecule has 0 saturated carbocycles. The Morgan fingerprint density at radius 2 is 1.88 bits per heavy atom. The van der Waals surface area contributed by atoms with Gasteiger partial charge in [0.25, 0.3) is 0 Å². The molecule has 2 heterocycles. The fourth-order valence-electron chi connectivity index (χ4n) is 2.18. The molecule has 3 rings (SSSR count). The summed E-state index contributed by atoms with van der Waals surface area (Å²) in [6, 6.07) is 5.92. The maximum absolute atomic E-state index is 14.1. The lowest BCUT2D eigenvalue weighted by atomic mass is 10.2. The summed E-state index contributed by atoms with van der Waals surface area (Å²) in [6.07, 6.45) is 4.63. The van der Waals surface area contributed by atoms with Gasteiger partial charge in [0.05, 0.1) is 37.9 Å². The second kappa shape index (κ2) is 7.31. The summed E-state index contributed by atoms with van der Waals surface area (Å²) < 4.78 is 24.6. The molecular formula is C17H14ClFN4O2. The van der Waals surface area contributed by atoms with Crippen molar-refractivity contribution in [3.8, 4) is 22.9 Å². The molecule has 0 fully saturated rings. The number of ether oxygens (including phenoxy) is 2. The number of hydrogen-bond acceptors (Lipinski definition) is 6. The van der Waals surface area contributed by atoms with Crippen LogP contribution in [0.2, 0.25) is 5.02 Å². The van der Waals surface area contributed by atoms with Gasteiger partial charge < -0.3 is 14.8 Å². The van der Waals surface area contributed by atoms with Crippen LogP contribution in [-0.2, 0) is 0 Å². The van der Waals surface area contributed by atoms with Crippen LogP contribution in [0.15, 0.2) is 42.9 Å². The first-order chi connectivity index (χ1) is 12.1. The maximum atomic E-state index is 14.1. The van der Waals surface area contributed by atoms with Gasteiger partial charge >= 0.3 is 0 Å². The highest BCUT2D eigenvalue weighted by atomic mass is 35.5. The average Bonchev–Trinajstić information content (AvgIpc) is 2.64. The molecule has 2 aromatic heterocycles. The molecule has 1 aromatic carbocycles. The number of anilines is 2. The maximum Gasteiger partial charge on any atom is 0.179 e. The van der Waals surface area contributed by atoms with Crippen LogP contribution in [0.25, 0.3) is 11.4 Å². The highest BCUT2D eigenvalue weighted by Gasteiger charge is 2.14. The molecule has 3 aromatic rings. The van der Waals surface area contributed by atoms with Crippen molar-refractivity contribution < 1.29 is 13.9 Å². The predicted octanol–water partition coefficient (Wildman–Crippen LogP) is 4.09. The lowest BCUT2D eigenvalue weighted by molar-refractivity contribution is 0.411. The number of halogens is 2. The molecular weight excluding hydrogens is 347 g/mol. The fourth-order valence-corrected chi connectivity index (χ4v) is 2.35. The van der Waals surface area contributed by atoms with Gasteiger partial charge in [-0.3, -0.25) is 4.98 Å². The SMILES string of the molecule is COc1cnccc1Nc1nc(-c2cc(Cl)ccc2F)ncc1OC. The number of pyridine rings is 1. The van der Waals surface area contributed by atoms with Crippen molar-refractivity contribution in [1.29, 1.82) is 0 Å². The Kier molecular flexibility index (Phi) is 4.95. The van der Waals surface area contributed by atoms with Gasteiger partial charge in [-0.25, -0.2) is 14.4 Å². The lowest BCUT2D eigenvalue weighted by Crippen LogP contribution is -2.03. The molecule has 0 spiro atoms. The third kappa shape index (κ3) is 3.61. The van der Waals surface area contributed by atoms with E-state index in [-0.39, 0.29) is 11.4 Å². The minimum atomic E-state index is -0.470. The highest BCUT2D eigenvalue weighted by Crippen LogP contribution is 2.32. The van der Waals surface area contributed by atoms with Crippen molar-refractivity contribution >= 4 is 23.1 Å². The van der Waals surface area contributed by atoms with Crippen LogP contribution in [0.1, 0.15) is 0 Å². The van der Waals surface area contributed by atoms with Gasteiger partial charge in [0.2, 0.25) is 0 Å². The fraction of sp³-hybridized carbons (Fsp3) is 0.118. The molecule has 128 valence electrons. The van der Waals surface area contributed by atoms with Crippen LogP contribution in [0, 0.1) is 5.82 Å². The molecule has 0 aliphatic rings. The van der Waals surface area contributed by atoms with Gasteiger partial charge in [-0.1, -0.05) is 11.6 Å². The molecule has 0 unspecified atom stereocenters. The van der Waals surface area contributed by atoms with Crippen molar-refractivity contribution in [3.63, 3.8) is 0 Å². The van der Waals surface area contributed by atoms with Crippen molar-refractivity contribution in [1.82, 2.24) is 15.0 Å². The molecule has 0 aliphatic heterocycles. The third-order valence-corrected chi connectivity index (χ3v) is 3.64. The van der Waals surface area contributed by atoms with Gasteiger partial charge in [-0.05, 0) is 24.3 Å². The largest absolute Gasteiger partial charge is 0.493 e. The summed E-state index contributed by atoms with van der Waals surface area (Å²) in [6.45, 7) is 0. The van der Waals surface area contributed by atoms with Gasteiger partial charge in [-0.2, -0.15) is 0 Å². The molecule has 0 saturated heterocycles. The van der Waals surface area contributed by atoms with E-state index in [1.807, 2.05) is 0 Å². The van der Waals surface area contributed by atoms with E-state index in [0.717, 1.165) is 0 Å². The number of rotatable bonds is 5. The first-order valence-corrected chi connectivity index (χ1v) is 7.61. The van der Waals surface area contributed by atoms with E-state index < -0.39 is 5.82 Å². The normalized spacial score (nSPS) is 10.4. The third-order valence-electron chi connectivity index (χ3n) is 3.40. The zero-order chi connectivity index (χ0) is 17.8. The van der Waals surface area contributed by atoms with E-state index in [1.54, 1.807) is 18.5 Å². The molecule has 0 aliphatic carbocycles. The van der Waals surface area contributed by atoms with E-state index in [0.29, 0.717) is 28.0 Å². The first kappa shape index (κ1) is 16.9. The number of nitrogens with zero attached hydrogens (tertiary/aromatic N) is 3. The van der Waals surface area contributed by atoms with E-state index in [9.17, 15) is 4.39 Å². The molecule has 0 atom stereocenters. The van der Waals surface area contributed by atoms with E-state index >= 15 is 0 Å². The number of nitrogens with one attached hydrogen (secondary N) is 1. The lowest BCUT2D eigenvalue weighted by Gasteiger charge is -2.13. The molecule has 6 nitrogen and oxygen atoms in total. The topological polar surface area (TPSA) is 69.2 Å². The number of hydrogen-bond donors (Lipinski definition) is 1. The van der Waals surface area contributed by atoms with Gasteiger partial charge in [0, 0.05) is 11.2 Å². The predicted molar refractivity (Wildman–Crippen MR) is 93.1 cm³/mol. The first-order valence-electron chi connectivity index (χ1n) is 7.24. The summed E-state index contributed by atoms with van der Waals surface area (Å²) in [5, 5.41) is 3.48. The van der Waals surface area contributed by atoms with Crippen molar-refractivity contribution in [2.24, 2.45) is 0 Å². The average molecular weight is 361 g/mol. The van der Waals surface area contributed by atoms with Crippen LogP contribution in [0.5, 0.6) is 11.5 Å². The van der Waals surface area contributed by atoms with Crippen LogP contribution >= 0.6 is 11.6 Å². The van der Waals surface area contributed by atoms with Gasteiger partial charge in [0.1, 0.15) is 5.82 Å². The Hall–Kier alpha value is -2.93. The number of benzene rings is 1. The number of aromatic nitrogens is 3. The Labute approximate surface area is 148 Å². The second-order valence-electron chi connectivity index (χ2n) is 4.94. The van der Waals surface area contributed by atoms with E-state index in [2.05, 4.69) is 20.3 Å². The summed E-state index contributed by atoms with van der Waals surface area (Å²) in [4.78, 5) is 12.5. The smallest absolute Gasteiger partial charge is 0.179 e. The molecule has 0 radical (unpaired) electrons. The summed E-state index contributed by atoms with van der Waals surface area (Å²) in [5.74, 6) is 0.985.